The largest absolute Gasteiger partial charge is 0.534 e. The topological polar surface area (TPSA) is 80.7 Å². The summed E-state index contributed by atoms with van der Waals surface area (Å²) in [7, 11) is -5.92. The molecule has 0 amide bonds. The van der Waals surface area contributed by atoms with Gasteiger partial charge in [-0.05, 0) is 19.9 Å². The Morgan fingerprint density at radius 3 is 2.14 bits per heavy atom. The van der Waals surface area contributed by atoms with E-state index in [0.717, 1.165) is 12.1 Å². The zero-order valence-electron chi connectivity index (χ0n) is 10.7. The van der Waals surface area contributed by atoms with Crippen molar-refractivity contribution in [2.45, 2.75) is 24.8 Å². The van der Waals surface area contributed by atoms with Crippen LogP contribution in [0.25, 0.3) is 0 Å². The summed E-state index contributed by atoms with van der Waals surface area (Å²) in [4.78, 5) is 11.0. The van der Waals surface area contributed by atoms with Crippen LogP contribution in [0.1, 0.15) is 19.4 Å². The van der Waals surface area contributed by atoms with Gasteiger partial charge in [0.25, 0.3) is 0 Å². The predicted octanol–water partition coefficient (Wildman–Crippen LogP) is 2.42. The van der Waals surface area contributed by atoms with Gasteiger partial charge in [-0.3, -0.25) is 4.79 Å². The van der Waals surface area contributed by atoms with Crippen LogP contribution in [0.15, 0.2) is 18.2 Å². The maximum absolute atomic E-state index is 13.8. The molecule has 0 heterocycles. The standard InChI is InChI=1S/C11H10F4O5S/c1-10(2,9(16)17)7-4-3-6(5-8(7)12)20-21(18,19)11(13,14)15/h3-5H,1-2H3,(H,16,17). The molecule has 0 aliphatic carbocycles. The fourth-order valence-corrected chi connectivity index (χ4v) is 1.80. The highest BCUT2D eigenvalue weighted by molar-refractivity contribution is 7.87. The molecule has 0 aromatic heterocycles. The van der Waals surface area contributed by atoms with Gasteiger partial charge in [-0.1, -0.05) is 6.07 Å². The Kier molecular flexibility index (Phi) is 4.24. The molecule has 0 bridgehead atoms. The molecule has 1 aromatic carbocycles. The highest BCUT2D eigenvalue weighted by atomic mass is 32.2. The van der Waals surface area contributed by atoms with Gasteiger partial charge in [0.15, 0.2) is 0 Å². The molecule has 0 radical (unpaired) electrons. The minimum Gasteiger partial charge on any atom is -0.481 e. The maximum atomic E-state index is 13.8. The number of hydrogen-bond acceptors (Lipinski definition) is 4. The monoisotopic (exact) mass is 330 g/mol. The maximum Gasteiger partial charge on any atom is 0.534 e. The van der Waals surface area contributed by atoms with Gasteiger partial charge < -0.3 is 9.29 Å². The number of rotatable bonds is 4. The van der Waals surface area contributed by atoms with Gasteiger partial charge in [0, 0.05) is 11.6 Å². The van der Waals surface area contributed by atoms with Crippen molar-refractivity contribution in [2.75, 3.05) is 0 Å². The Balaban J connectivity index is 3.19. The highest BCUT2D eigenvalue weighted by Crippen LogP contribution is 2.31. The summed E-state index contributed by atoms with van der Waals surface area (Å²) in [5.74, 6) is -3.47. The first-order valence-corrected chi connectivity index (χ1v) is 6.74. The van der Waals surface area contributed by atoms with Crippen molar-refractivity contribution < 1.29 is 40.1 Å². The number of alkyl halides is 3. The van der Waals surface area contributed by atoms with E-state index in [1.807, 2.05) is 0 Å². The van der Waals surface area contributed by atoms with Crippen molar-refractivity contribution in [3.8, 4) is 5.75 Å². The van der Waals surface area contributed by atoms with Crippen molar-refractivity contribution in [1.29, 1.82) is 0 Å². The quantitative estimate of drug-likeness (QED) is 0.521. The van der Waals surface area contributed by atoms with E-state index in [9.17, 15) is 30.8 Å². The molecule has 1 N–H and O–H groups in total. The van der Waals surface area contributed by atoms with Gasteiger partial charge in [-0.25, -0.2) is 4.39 Å². The van der Waals surface area contributed by atoms with Crippen molar-refractivity contribution in [3.63, 3.8) is 0 Å². The summed E-state index contributed by atoms with van der Waals surface area (Å²) in [6, 6.07) is 1.97. The molecule has 5 nitrogen and oxygen atoms in total. The number of hydrogen-bond donors (Lipinski definition) is 1. The SMILES string of the molecule is CC(C)(C(=O)O)c1ccc(OS(=O)(=O)C(F)(F)F)cc1F. The zero-order chi connectivity index (χ0) is 16.6. The Bertz CT molecular complexity index is 664. The Morgan fingerprint density at radius 1 is 1.24 bits per heavy atom. The van der Waals surface area contributed by atoms with E-state index >= 15 is 0 Å². The van der Waals surface area contributed by atoms with E-state index < -0.39 is 38.6 Å². The lowest BCUT2D eigenvalue weighted by Crippen LogP contribution is -2.30. The number of carboxylic acids is 1. The molecule has 0 spiro atoms. The second kappa shape index (κ2) is 5.17. The molecule has 1 aromatic rings. The Hall–Kier alpha value is -1.84. The van der Waals surface area contributed by atoms with Crippen LogP contribution in [0.3, 0.4) is 0 Å². The summed E-state index contributed by atoms with van der Waals surface area (Å²) in [5.41, 5.74) is -7.62. The smallest absolute Gasteiger partial charge is 0.481 e. The van der Waals surface area contributed by atoms with Gasteiger partial charge in [0.2, 0.25) is 0 Å². The fourth-order valence-electron chi connectivity index (χ4n) is 1.34. The zero-order valence-corrected chi connectivity index (χ0v) is 11.5. The van der Waals surface area contributed by atoms with Gasteiger partial charge >= 0.3 is 21.6 Å². The number of halogens is 4. The first-order valence-electron chi connectivity index (χ1n) is 5.33. The summed E-state index contributed by atoms with van der Waals surface area (Å²) in [6.45, 7) is 2.36. The summed E-state index contributed by atoms with van der Waals surface area (Å²) in [5, 5.41) is 8.94. The highest BCUT2D eigenvalue weighted by Gasteiger charge is 2.48. The van der Waals surface area contributed by atoms with Crippen molar-refractivity contribution >= 4 is 16.1 Å². The lowest BCUT2D eigenvalue weighted by atomic mass is 9.84. The minimum absolute atomic E-state index is 0.327. The molecular formula is C11H10F4O5S. The van der Waals surface area contributed by atoms with Gasteiger partial charge in [-0.15, -0.1) is 0 Å². The van der Waals surface area contributed by atoms with Crippen molar-refractivity contribution in [3.05, 3.63) is 29.6 Å². The van der Waals surface area contributed by atoms with Crippen LogP contribution < -0.4 is 4.18 Å². The first kappa shape index (κ1) is 17.2. The molecular weight excluding hydrogens is 320 g/mol. The molecule has 118 valence electrons. The Morgan fingerprint density at radius 2 is 1.76 bits per heavy atom. The van der Waals surface area contributed by atoms with Gasteiger partial charge in [0.1, 0.15) is 11.6 Å². The molecule has 0 saturated carbocycles. The van der Waals surface area contributed by atoms with Crippen LogP contribution in [0.4, 0.5) is 17.6 Å². The number of carbonyl (C=O) groups is 1. The second-order valence-corrected chi connectivity index (χ2v) is 6.09. The van der Waals surface area contributed by atoms with E-state index in [0.29, 0.717) is 6.07 Å². The number of aliphatic carboxylic acids is 1. The average molecular weight is 330 g/mol. The molecule has 0 fully saturated rings. The van der Waals surface area contributed by atoms with Gasteiger partial charge in [0.05, 0.1) is 5.41 Å². The third-order valence-corrected chi connectivity index (χ3v) is 3.62. The van der Waals surface area contributed by atoms with E-state index in [2.05, 4.69) is 4.18 Å². The van der Waals surface area contributed by atoms with Gasteiger partial charge in [-0.2, -0.15) is 21.6 Å². The van der Waals surface area contributed by atoms with E-state index in [-0.39, 0.29) is 5.56 Å². The van der Waals surface area contributed by atoms with Crippen LogP contribution in [0, 0.1) is 5.82 Å². The molecule has 0 unspecified atom stereocenters. The molecule has 0 saturated heterocycles. The summed E-state index contributed by atoms with van der Waals surface area (Å²) < 4.78 is 75.3. The Labute approximate surface area is 117 Å². The molecule has 0 aliphatic rings. The number of carboxylic acid groups (broad SMARTS) is 1. The lowest BCUT2D eigenvalue weighted by molar-refractivity contribution is -0.142. The average Bonchev–Trinajstić information content (AvgIpc) is 2.25. The van der Waals surface area contributed by atoms with Crippen LogP contribution >= 0.6 is 0 Å². The van der Waals surface area contributed by atoms with Crippen LogP contribution in [-0.4, -0.2) is 25.0 Å². The van der Waals surface area contributed by atoms with Crippen LogP contribution in [-0.2, 0) is 20.3 Å². The van der Waals surface area contributed by atoms with Crippen molar-refractivity contribution in [1.82, 2.24) is 0 Å². The van der Waals surface area contributed by atoms with E-state index in [1.54, 1.807) is 0 Å². The number of benzene rings is 1. The first-order chi connectivity index (χ1) is 9.29. The molecule has 0 aliphatic heterocycles. The van der Waals surface area contributed by atoms with Crippen LogP contribution in [0.2, 0.25) is 0 Å². The predicted molar refractivity (Wildman–Crippen MR) is 62.7 cm³/mol. The molecule has 1 rings (SSSR count). The van der Waals surface area contributed by atoms with Crippen LogP contribution in [0.5, 0.6) is 5.75 Å². The third-order valence-electron chi connectivity index (χ3n) is 2.64. The minimum atomic E-state index is -5.92. The molecule has 10 heteroatoms. The fraction of sp³-hybridized carbons (Fsp3) is 0.364. The van der Waals surface area contributed by atoms with Crippen molar-refractivity contribution in [2.24, 2.45) is 0 Å². The lowest BCUT2D eigenvalue weighted by Gasteiger charge is -2.20. The molecule has 0 atom stereocenters. The van der Waals surface area contributed by atoms with E-state index in [4.69, 9.17) is 5.11 Å². The van der Waals surface area contributed by atoms with E-state index in [1.165, 1.54) is 13.8 Å². The third kappa shape index (κ3) is 3.43. The normalized spacial score (nSPS) is 13.0. The summed E-state index contributed by atoms with van der Waals surface area (Å²) >= 11 is 0. The second-order valence-electron chi connectivity index (χ2n) is 4.56. The molecule has 21 heavy (non-hydrogen) atoms. The summed E-state index contributed by atoms with van der Waals surface area (Å²) in [6.07, 6.45) is 0.